The summed E-state index contributed by atoms with van der Waals surface area (Å²) in [5.74, 6) is 1.22. The van der Waals surface area contributed by atoms with Crippen molar-refractivity contribution in [1.82, 2.24) is 4.98 Å². The van der Waals surface area contributed by atoms with Gasteiger partial charge in [-0.05, 0) is 55.3 Å². The number of ether oxygens (including phenoxy) is 2. The van der Waals surface area contributed by atoms with E-state index in [-0.39, 0.29) is 5.91 Å². The van der Waals surface area contributed by atoms with Crippen LogP contribution in [0.2, 0.25) is 0 Å². The van der Waals surface area contributed by atoms with Gasteiger partial charge < -0.3 is 19.2 Å². The number of benzene rings is 2. The number of anilines is 1. The van der Waals surface area contributed by atoms with Gasteiger partial charge in [-0.1, -0.05) is 12.1 Å². The second kappa shape index (κ2) is 9.39. The number of hydrogen-bond acceptors (Lipinski definition) is 5. The van der Waals surface area contributed by atoms with Crippen LogP contribution in [0, 0.1) is 0 Å². The van der Waals surface area contributed by atoms with Crippen LogP contribution in [0.1, 0.15) is 19.4 Å². The monoisotopic (exact) mass is 428 g/mol. The van der Waals surface area contributed by atoms with E-state index >= 15 is 0 Å². The molecule has 0 unspecified atom stereocenters. The molecule has 32 heavy (non-hydrogen) atoms. The van der Waals surface area contributed by atoms with Crippen molar-refractivity contribution in [3.8, 4) is 22.6 Å². The molecule has 0 saturated heterocycles. The number of aromatic nitrogens is 1. The Kier molecular flexibility index (Phi) is 6.22. The van der Waals surface area contributed by atoms with Crippen LogP contribution in [0.5, 0.6) is 11.5 Å². The standard InChI is InChI=1S/C26H24N2O4/c1-4-31-24-14-25-22(23(16-32-25)18-7-9-20(30-3)10-8-18)13-21(24)17(2)12-26(29)28-19-6-5-11-27-15-19/h5-16H,4H2,1-3H3,(H,28,29)/b17-12+. The molecule has 0 fully saturated rings. The topological polar surface area (TPSA) is 73.6 Å². The highest BCUT2D eigenvalue weighted by molar-refractivity contribution is 6.05. The lowest BCUT2D eigenvalue weighted by Crippen LogP contribution is -2.08. The molecule has 4 rings (SSSR count). The Bertz CT molecular complexity index is 1260. The number of nitrogens with one attached hydrogen (secondary N) is 1. The number of allylic oxidation sites excluding steroid dienone is 1. The summed E-state index contributed by atoms with van der Waals surface area (Å²) in [6.45, 7) is 4.31. The number of hydrogen-bond donors (Lipinski definition) is 1. The van der Waals surface area contributed by atoms with Gasteiger partial charge in [-0.3, -0.25) is 9.78 Å². The van der Waals surface area contributed by atoms with Gasteiger partial charge in [0, 0.05) is 34.9 Å². The smallest absolute Gasteiger partial charge is 0.248 e. The fraction of sp³-hybridized carbons (Fsp3) is 0.154. The van der Waals surface area contributed by atoms with Crippen molar-refractivity contribution in [3.05, 3.63) is 78.8 Å². The second-order valence-electron chi connectivity index (χ2n) is 7.21. The lowest BCUT2D eigenvalue weighted by molar-refractivity contribution is -0.111. The average molecular weight is 428 g/mol. The molecule has 162 valence electrons. The summed E-state index contributed by atoms with van der Waals surface area (Å²) in [6.07, 6.45) is 6.56. The number of carbonyl (C=O) groups is 1. The quantitative estimate of drug-likeness (QED) is 0.369. The normalized spacial score (nSPS) is 11.4. The summed E-state index contributed by atoms with van der Waals surface area (Å²) < 4.78 is 16.9. The van der Waals surface area contributed by atoms with Gasteiger partial charge in [0.15, 0.2) is 0 Å². The van der Waals surface area contributed by atoms with Gasteiger partial charge in [-0.2, -0.15) is 0 Å². The van der Waals surface area contributed by atoms with Crippen LogP contribution >= 0.6 is 0 Å². The first-order valence-corrected chi connectivity index (χ1v) is 10.3. The minimum Gasteiger partial charge on any atom is -0.497 e. The number of nitrogens with zero attached hydrogens (tertiary/aromatic N) is 1. The molecule has 0 aliphatic heterocycles. The predicted octanol–water partition coefficient (Wildman–Crippen LogP) is 5.94. The van der Waals surface area contributed by atoms with Crippen molar-refractivity contribution in [2.75, 3.05) is 19.0 Å². The Labute approximate surface area is 186 Å². The predicted molar refractivity (Wildman–Crippen MR) is 126 cm³/mol. The highest BCUT2D eigenvalue weighted by Crippen LogP contribution is 2.38. The van der Waals surface area contributed by atoms with E-state index in [0.29, 0.717) is 18.0 Å². The van der Waals surface area contributed by atoms with Crippen LogP contribution in [-0.4, -0.2) is 24.6 Å². The Morgan fingerprint density at radius 2 is 2.00 bits per heavy atom. The number of methoxy groups -OCH3 is 1. The van der Waals surface area contributed by atoms with Gasteiger partial charge in [0.05, 0.1) is 31.9 Å². The van der Waals surface area contributed by atoms with E-state index in [4.69, 9.17) is 13.9 Å². The zero-order valence-corrected chi connectivity index (χ0v) is 18.2. The maximum Gasteiger partial charge on any atom is 0.248 e. The minimum atomic E-state index is -0.236. The maximum atomic E-state index is 12.5. The zero-order valence-electron chi connectivity index (χ0n) is 18.2. The summed E-state index contributed by atoms with van der Waals surface area (Å²) in [4.78, 5) is 16.6. The van der Waals surface area contributed by atoms with Crippen molar-refractivity contribution in [2.45, 2.75) is 13.8 Å². The second-order valence-corrected chi connectivity index (χ2v) is 7.21. The Morgan fingerprint density at radius 1 is 1.19 bits per heavy atom. The molecule has 1 amide bonds. The van der Waals surface area contributed by atoms with Gasteiger partial charge in [0.25, 0.3) is 0 Å². The molecule has 2 heterocycles. The van der Waals surface area contributed by atoms with E-state index in [0.717, 1.165) is 39.0 Å². The molecule has 0 bridgehead atoms. The summed E-state index contributed by atoms with van der Waals surface area (Å²) in [5.41, 5.74) is 4.93. The van der Waals surface area contributed by atoms with Crippen LogP contribution < -0.4 is 14.8 Å². The van der Waals surface area contributed by atoms with E-state index in [1.165, 1.54) is 0 Å². The Hall–Kier alpha value is -4.06. The number of amides is 1. The summed E-state index contributed by atoms with van der Waals surface area (Å²) in [6, 6.07) is 15.2. The highest BCUT2D eigenvalue weighted by atomic mass is 16.5. The lowest BCUT2D eigenvalue weighted by atomic mass is 9.99. The molecular weight excluding hydrogens is 404 g/mol. The zero-order chi connectivity index (χ0) is 22.5. The maximum absolute atomic E-state index is 12.5. The van der Waals surface area contributed by atoms with E-state index in [2.05, 4.69) is 10.3 Å². The molecule has 1 N–H and O–H groups in total. The van der Waals surface area contributed by atoms with Crippen molar-refractivity contribution >= 4 is 28.1 Å². The summed E-state index contributed by atoms with van der Waals surface area (Å²) >= 11 is 0. The first kappa shape index (κ1) is 21.2. The third-order valence-electron chi connectivity index (χ3n) is 5.08. The van der Waals surface area contributed by atoms with Gasteiger partial charge in [-0.25, -0.2) is 0 Å². The molecule has 0 spiro atoms. The highest BCUT2D eigenvalue weighted by Gasteiger charge is 2.15. The lowest BCUT2D eigenvalue weighted by Gasteiger charge is -2.12. The van der Waals surface area contributed by atoms with Gasteiger partial charge in [0.2, 0.25) is 5.91 Å². The van der Waals surface area contributed by atoms with E-state index in [1.807, 2.05) is 50.2 Å². The van der Waals surface area contributed by atoms with Crippen LogP contribution in [0.25, 0.3) is 27.7 Å². The van der Waals surface area contributed by atoms with E-state index in [9.17, 15) is 4.79 Å². The third kappa shape index (κ3) is 4.49. The fourth-order valence-electron chi connectivity index (χ4n) is 3.52. The SMILES string of the molecule is CCOc1cc2occ(-c3ccc(OC)cc3)c2cc1/C(C)=C/C(=O)Nc1cccnc1. The number of pyridine rings is 1. The van der Waals surface area contributed by atoms with Gasteiger partial charge in [-0.15, -0.1) is 0 Å². The molecule has 6 nitrogen and oxygen atoms in total. The fourth-order valence-corrected chi connectivity index (χ4v) is 3.52. The van der Waals surface area contributed by atoms with Crippen LogP contribution in [-0.2, 0) is 4.79 Å². The number of carbonyl (C=O) groups excluding carboxylic acids is 1. The van der Waals surface area contributed by atoms with Crippen LogP contribution in [0.4, 0.5) is 5.69 Å². The Balaban J connectivity index is 1.72. The molecule has 2 aromatic carbocycles. The number of rotatable bonds is 7. The molecule has 0 aliphatic rings. The first-order chi connectivity index (χ1) is 15.6. The average Bonchev–Trinajstić information content (AvgIpc) is 3.22. The van der Waals surface area contributed by atoms with E-state index < -0.39 is 0 Å². The van der Waals surface area contributed by atoms with Crippen LogP contribution in [0.3, 0.4) is 0 Å². The molecule has 4 aromatic rings. The third-order valence-corrected chi connectivity index (χ3v) is 5.08. The van der Waals surface area contributed by atoms with Crippen molar-refractivity contribution in [2.24, 2.45) is 0 Å². The minimum absolute atomic E-state index is 0.236. The number of furan rings is 1. The van der Waals surface area contributed by atoms with Gasteiger partial charge >= 0.3 is 0 Å². The summed E-state index contributed by atoms with van der Waals surface area (Å²) in [5, 5.41) is 3.76. The molecule has 2 aromatic heterocycles. The largest absolute Gasteiger partial charge is 0.497 e. The molecular formula is C26H24N2O4. The Morgan fingerprint density at radius 3 is 2.69 bits per heavy atom. The molecule has 6 heteroatoms. The van der Waals surface area contributed by atoms with E-state index in [1.54, 1.807) is 44.0 Å². The first-order valence-electron chi connectivity index (χ1n) is 10.3. The van der Waals surface area contributed by atoms with Crippen LogP contribution in [0.15, 0.2) is 77.7 Å². The molecule has 0 atom stereocenters. The molecule has 0 aliphatic carbocycles. The number of fused-ring (bicyclic) bond motifs is 1. The van der Waals surface area contributed by atoms with Crippen molar-refractivity contribution in [1.29, 1.82) is 0 Å². The van der Waals surface area contributed by atoms with Gasteiger partial charge in [0.1, 0.15) is 17.1 Å². The van der Waals surface area contributed by atoms with Crippen molar-refractivity contribution < 1.29 is 18.7 Å². The molecule has 0 radical (unpaired) electrons. The molecule has 0 saturated carbocycles. The summed E-state index contributed by atoms with van der Waals surface area (Å²) in [7, 11) is 1.64. The van der Waals surface area contributed by atoms with Crippen molar-refractivity contribution in [3.63, 3.8) is 0 Å².